The van der Waals surface area contributed by atoms with Crippen molar-refractivity contribution in [2.24, 2.45) is 0 Å². The van der Waals surface area contributed by atoms with E-state index in [-0.39, 0.29) is 6.71 Å². The molecule has 5 heterocycles. The summed E-state index contributed by atoms with van der Waals surface area (Å²) in [5, 5.41) is 7.01. The van der Waals surface area contributed by atoms with Crippen molar-refractivity contribution in [2.75, 3.05) is 9.80 Å². The molecule has 0 N–H and O–H groups in total. The van der Waals surface area contributed by atoms with Gasteiger partial charge in [0.05, 0.1) is 11.4 Å². The van der Waals surface area contributed by atoms with Crippen molar-refractivity contribution in [3.63, 3.8) is 0 Å². The van der Waals surface area contributed by atoms with E-state index in [4.69, 9.17) is 8.83 Å². The highest BCUT2D eigenvalue weighted by Crippen LogP contribution is 2.51. The maximum Gasteiger partial charge on any atom is 0.254 e. The number of anilines is 6. The number of furan rings is 2. The molecule has 10 aromatic carbocycles. The zero-order chi connectivity index (χ0) is 43.0. The van der Waals surface area contributed by atoms with Gasteiger partial charge in [0.15, 0.2) is 0 Å². The Morgan fingerprint density at radius 1 is 0.333 bits per heavy atom. The lowest BCUT2D eigenvalue weighted by molar-refractivity contribution is 0.668. The van der Waals surface area contributed by atoms with Crippen LogP contribution in [0.15, 0.2) is 221 Å². The molecule has 0 saturated heterocycles. The van der Waals surface area contributed by atoms with Gasteiger partial charge in [-0.25, -0.2) is 0 Å². The molecule has 13 aromatic rings. The van der Waals surface area contributed by atoms with Crippen LogP contribution in [-0.2, 0) is 0 Å². The van der Waals surface area contributed by atoms with Crippen LogP contribution in [0.4, 0.5) is 34.1 Å². The van der Waals surface area contributed by atoms with Crippen LogP contribution >= 0.6 is 11.3 Å². The Labute approximate surface area is 383 Å². The Kier molecular flexibility index (Phi) is 7.43. The van der Waals surface area contributed by atoms with Gasteiger partial charge in [0.25, 0.3) is 6.71 Å². The molecule has 66 heavy (non-hydrogen) atoms. The van der Waals surface area contributed by atoms with Gasteiger partial charge >= 0.3 is 0 Å². The Morgan fingerprint density at radius 3 is 1.47 bits per heavy atom. The summed E-state index contributed by atoms with van der Waals surface area (Å²) < 4.78 is 16.0. The monoisotopic (exact) mass is 858 g/mol. The first-order valence-electron chi connectivity index (χ1n) is 22.5. The highest BCUT2D eigenvalue weighted by atomic mass is 32.1. The topological polar surface area (TPSA) is 32.8 Å². The Balaban J connectivity index is 1.08. The standard InChI is InChI=1S/C60H35BN2O2S/c1-3-16-36(17-4-1)42-32-44-38-20-7-12-27-53(38)64-55(44)34-51(42)62-47-24-11-10-23-46(47)61-58-48(62)25-15-26-49(58)63(50-31-30-41-40-22-9-14-29-57(40)66-60(41)59(50)61)52-35-56-45(39-21-8-13-28-54(39)65-56)33-43(52)37-18-5-2-6-19-37/h1-35H. The summed E-state index contributed by atoms with van der Waals surface area (Å²) in [6.45, 7) is -0.0584. The first-order chi connectivity index (χ1) is 32.7. The maximum atomic E-state index is 6.73. The van der Waals surface area contributed by atoms with Gasteiger partial charge in [-0.2, -0.15) is 0 Å². The third kappa shape index (κ3) is 4.99. The van der Waals surface area contributed by atoms with Gasteiger partial charge in [0.1, 0.15) is 22.3 Å². The van der Waals surface area contributed by atoms with E-state index in [0.717, 1.165) is 94.6 Å². The fourth-order valence-electron chi connectivity index (χ4n) is 11.3. The van der Waals surface area contributed by atoms with Gasteiger partial charge in [0.2, 0.25) is 0 Å². The predicted molar refractivity (Wildman–Crippen MR) is 279 cm³/mol. The Hall–Kier alpha value is -8.32. The van der Waals surface area contributed by atoms with Crippen LogP contribution in [0.3, 0.4) is 0 Å². The van der Waals surface area contributed by atoms with Crippen molar-refractivity contribution >= 4 is 133 Å². The lowest BCUT2D eigenvalue weighted by Crippen LogP contribution is -2.61. The zero-order valence-corrected chi connectivity index (χ0v) is 36.2. The molecule has 306 valence electrons. The average molecular weight is 859 g/mol. The second-order valence-corrected chi connectivity index (χ2v) is 18.6. The Morgan fingerprint density at radius 2 is 0.833 bits per heavy atom. The van der Waals surface area contributed by atoms with Crippen LogP contribution in [0.1, 0.15) is 0 Å². The van der Waals surface area contributed by atoms with E-state index in [2.05, 4.69) is 216 Å². The van der Waals surface area contributed by atoms with E-state index in [9.17, 15) is 0 Å². The molecule has 0 aliphatic carbocycles. The van der Waals surface area contributed by atoms with Crippen molar-refractivity contribution in [3.8, 4) is 22.3 Å². The first kappa shape index (κ1) is 36.1. The van der Waals surface area contributed by atoms with Crippen LogP contribution in [0, 0.1) is 0 Å². The van der Waals surface area contributed by atoms with Crippen LogP contribution < -0.4 is 26.2 Å². The summed E-state index contributed by atoms with van der Waals surface area (Å²) in [4.78, 5) is 5.05. The minimum absolute atomic E-state index is 0.0584. The summed E-state index contributed by atoms with van der Waals surface area (Å²) in [6, 6.07) is 77.2. The molecule has 0 saturated carbocycles. The first-order valence-corrected chi connectivity index (χ1v) is 23.3. The van der Waals surface area contributed by atoms with E-state index in [0.29, 0.717) is 0 Å². The predicted octanol–water partition coefficient (Wildman–Crippen LogP) is 15.3. The molecule has 3 aromatic heterocycles. The summed E-state index contributed by atoms with van der Waals surface area (Å²) in [5.74, 6) is 0. The molecule has 15 rings (SSSR count). The number of para-hydroxylation sites is 3. The molecule has 2 aliphatic rings. The minimum Gasteiger partial charge on any atom is -0.456 e. The number of nitrogens with zero attached hydrogens (tertiary/aromatic N) is 2. The quantitative estimate of drug-likeness (QED) is 0.165. The van der Waals surface area contributed by atoms with Crippen molar-refractivity contribution in [1.29, 1.82) is 0 Å². The fraction of sp³-hybridized carbons (Fsp3) is 0. The molecule has 0 spiro atoms. The summed E-state index contributed by atoms with van der Waals surface area (Å²) in [5.41, 5.74) is 18.7. The normalized spacial score (nSPS) is 13.1. The van der Waals surface area contributed by atoms with E-state index in [1.807, 2.05) is 17.4 Å². The van der Waals surface area contributed by atoms with Gasteiger partial charge in [0, 0.05) is 82.3 Å². The number of rotatable bonds is 4. The smallest absolute Gasteiger partial charge is 0.254 e. The molecule has 0 amide bonds. The lowest BCUT2D eigenvalue weighted by Gasteiger charge is -2.44. The van der Waals surface area contributed by atoms with E-state index in [1.54, 1.807) is 0 Å². The van der Waals surface area contributed by atoms with E-state index >= 15 is 0 Å². The SMILES string of the molecule is c1ccc(-c2cc3c(cc2N2c4ccccc4B4c5c2cccc5N(c2cc5oc6ccccc6c5cc2-c2ccccc2)c2ccc5c(sc6ccccc65)c24)oc2ccccc23)cc1. The molecule has 0 radical (unpaired) electrons. The van der Waals surface area contributed by atoms with Gasteiger partial charge in [-0.1, -0.05) is 146 Å². The van der Waals surface area contributed by atoms with Crippen LogP contribution in [0.5, 0.6) is 0 Å². The number of hydrogen-bond acceptors (Lipinski definition) is 5. The fourth-order valence-corrected chi connectivity index (χ4v) is 12.5. The van der Waals surface area contributed by atoms with E-state index in [1.165, 1.54) is 42.2 Å². The van der Waals surface area contributed by atoms with Gasteiger partial charge in [-0.3, -0.25) is 0 Å². The lowest BCUT2D eigenvalue weighted by atomic mass is 9.33. The molecular weight excluding hydrogens is 824 g/mol. The number of benzene rings is 10. The zero-order valence-electron chi connectivity index (χ0n) is 35.4. The van der Waals surface area contributed by atoms with Crippen molar-refractivity contribution < 1.29 is 8.83 Å². The van der Waals surface area contributed by atoms with Crippen molar-refractivity contribution in [2.45, 2.75) is 0 Å². The highest BCUT2D eigenvalue weighted by Gasteiger charge is 2.45. The van der Waals surface area contributed by atoms with Crippen LogP contribution in [-0.4, -0.2) is 6.71 Å². The third-order valence-corrected chi connectivity index (χ3v) is 15.3. The molecule has 2 aliphatic heterocycles. The van der Waals surface area contributed by atoms with Crippen molar-refractivity contribution in [1.82, 2.24) is 0 Å². The van der Waals surface area contributed by atoms with Gasteiger partial charge in [-0.15, -0.1) is 11.3 Å². The molecule has 6 heteroatoms. The number of thiophene rings is 1. The minimum atomic E-state index is -0.0584. The molecular formula is C60H35BN2O2S. The summed E-state index contributed by atoms with van der Waals surface area (Å²) in [7, 11) is 0. The highest BCUT2D eigenvalue weighted by molar-refractivity contribution is 7.28. The largest absolute Gasteiger partial charge is 0.456 e. The number of fused-ring (bicyclic) bond motifs is 14. The van der Waals surface area contributed by atoms with Crippen LogP contribution in [0.2, 0.25) is 0 Å². The van der Waals surface area contributed by atoms with Crippen LogP contribution in [0.25, 0.3) is 86.3 Å². The second-order valence-electron chi connectivity index (χ2n) is 17.5. The summed E-state index contributed by atoms with van der Waals surface area (Å²) >= 11 is 1.91. The van der Waals surface area contributed by atoms with Gasteiger partial charge in [-0.05, 0) is 87.5 Å². The third-order valence-electron chi connectivity index (χ3n) is 14.1. The molecule has 0 unspecified atom stereocenters. The molecule has 0 bridgehead atoms. The van der Waals surface area contributed by atoms with Crippen molar-refractivity contribution in [3.05, 3.63) is 212 Å². The second kappa shape index (κ2) is 13.6. The van der Waals surface area contributed by atoms with Gasteiger partial charge < -0.3 is 18.6 Å². The molecule has 4 nitrogen and oxygen atoms in total. The summed E-state index contributed by atoms with van der Waals surface area (Å²) in [6.07, 6.45) is 0. The Bertz CT molecular complexity index is 4140. The average Bonchev–Trinajstić information content (AvgIpc) is 4.07. The maximum absolute atomic E-state index is 6.73. The van der Waals surface area contributed by atoms with E-state index < -0.39 is 0 Å². The molecule has 0 fully saturated rings. The molecule has 0 atom stereocenters. The number of hydrogen-bond donors (Lipinski definition) is 0.